The summed E-state index contributed by atoms with van der Waals surface area (Å²) < 4.78 is 5.71. The van der Waals surface area contributed by atoms with E-state index in [9.17, 15) is 0 Å². The number of benzene rings is 2. The molecular weight excluding hydrogens is 323 g/mol. The van der Waals surface area contributed by atoms with Gasteiger partial charge in [-0.2, -0.15) is 0 Å². The van der Waals surface area contributed by atoms with Crippen molar-refractivity contribution in [3.63, 3.8) is 0 Å². The van der Waals surface area contributed by atoms with E-state index >= 15 is 0 Å². The van der Waals surface area contributed by atoms with Crippen LogP contribution in [0.1, 0.15) is 11.1 Å². The first-order valence-corrected chi connectivity index (χ1v) is 7.99. The average Bonchev–Trinajstić information content (AvgIpc) is 2.68. The first-order chi connectivity index (χ1) is 12.6. The fourth-order valence-corrected chi connectivity index (χ4v) is 2.39. The van der Waals surface area contributed by atoms with Crippen molar-refractivity contribution in [3.8, 4) is 23.2 Å². The summed E-state index contributed by atoms with van der Waals surface area (Å²) in [5, 5.41) is 8.86. The SMILES string of the molecule is [B]=C(Oc1ccc(C#N)cc1)c1cnc(-c2ccccc2)nc1N(C)C. The quantitative estimate of drug-likeness (QED) is 0.669. The summed E-state index contributed by atoms with van der Waals surface area (Å²) in [4.78, 5) is 10.9. The predicted octanol–water partition coefficient (Wildman–Crippen LogP) is 2.81. The standard InChI is InChI=1S/C20H16BN4O/c1-25(2)20-17(13-23-19(24-20)15-6-4-3-5-7-15)18(21)26-16-10-8-14(12-22)9-11-16/h3-11,13H,1-2H3. The third-order valence-corrected chi connectivity index (χ3v) is 3.70. The van der Waals surface area contributed by atoms with E-state index in [0.29, 0.717) is 28.5 Å². The van der Waals surface area contributed by atoms with Crippen LogP contribution in [-0.4, -0.2) is 37.2 Å². The van der Waals surface area contributed by atoms with Crippen molar-refractivity contribution in [1.82, 2.24) is 9.97 Å². The van der Waals surface area contributed by atoms with Gasteiger partial charge >= 0.3 is 153 Å². The molecule has 0 atom stereocenters. The summed E-state index contributed by atoms with van der Waals surface area (Å²) in [5.74, 6) is 1.81. The Morgan fingerprint density at radius 2 is 1.77 bits per heavy atom. The van der Waals surface area contributed by atoms with Gasteiger partial charge < -0.3 is 0 Å². The van der Waals surface area contributed by atoms with Crippen molar-refractivity contribution in [3.05, 3.63) is 71.9 Å². The van der Waals surface area contributed by atoms with Gasteiger partial charge in [0.15, 0.2) is 0 Å². The minimum absolute atomic E-state index is 0.193. The Balaban J connectivity index is 1.90. The molecule has 0 fully saturated rings. The molecule has 1 heterocycles. The van der Waals surface area contributed by atoms with E-state index in [0.717, 1.165) is 5.56 Å². The Hall–Kier alpha value is -3.46. The van der Waals surface area contributed by atoms with Gasteiger partial charge in [-0.25, -0.2) is 0 Å². The fourth-order valence-electron chi connectivity index (χ4n) is 2.39. The molecule has 26 heavy (non-hydrogen) atoms. The van der Waals surface area contributed by atoms with Gasteiger partial charge in [-0.1, -0.05) is 0 Å². The molecule has 0 unspecified atom stereocenters. The summed E-state index contributed by atoms with van der Waals surface area (Å²) >= 11 is 0. The first kappa shape index (κ1) is 17.4. The van der Waals surface area contributed by atoms with Gasteiger partial charge in [0.25, 0.3) is 0 Å². The van der Waals surface area contributed by atoms with Crippen LogP contribution in [0.25, 0.3) is 11.4 Å². The number of nitriles is 1. The maximum absolute atomic E-state index is 8.86. The number of aromatic nitrogens is 2. The predicted molar refractivity (Wildman–Crippen MR) is 103 cm³/mol. The van der Waals surface area contributed by atoms with Crippen molar-refractivity contribution in [1.29, 1.82) is 5.26 Å². The minimum atomic E-state index is 0.193. The molecule has 3 aromatic rings. The topological polar surface area (TPSA) is 62.0 Å². The third kappa shape index (κ3) is 3.78. The Morgan fingerprint density at radius 3 is 2.38 bits per heavy atom. The number of hydrogen-bond acceptors (Lipinski definition) is 5. The van der Waals surface area contributed by atoms with Crippen LogP contribution >= 0.6 is 0 Å². The molecule has 0 amide bonds. The molecule has 1 aromatic heterocycles. The van der Waals surface area contributed by atoms with Crippen LogP contribution in [0.5, 0.6) is 5.75 Å². The number of hydrogen-bond donors (Lipinski definition) is 0. The second-order valence-corrected chi connectivity index (χ2v) is 5.79. The third-order valence-electron chi connectivity index (χ3n) is 3.70. The normalized spacial score (nSPS) is 10.0. The molecule has 0 aliphatic carbocycles. The summed E-state index contributed by atoms with van der Waals surface area (Å²) in [7, 11) is 9.92. The Kier molecular flexibility index (Phi) is 5.09. The van der Waals surface area contributed by atoms with Crippen molar-refractivity contribution in [2.75, 3.05) is 19.0 Å². The number of nitrogens with zero attached hydrogens (tertiary/aromatic N) is 4. The zero-order chi connectivity index (χ0) is 18.5. The molecule has 0 aliphatic heterocycles. The van der Waals surface area contributed by atoms with Crippen molar-refractivity contribution in [2.45, 2.75) is 0 Å². The van der Waals surface area contributed by atoms with Crippen LogP contribution < -0.4 is 9.64 Å². The van der Waals surface area contributed by atoms with E-state index in [2.05, 4.69) is 16.0 Å². The van der Waals surface area contributed by atoms with Crippen molar-refractivity contribution >= 4 is 19.0 Å². The molecular formula is C20H16BN4O. The second kappa shape index (κ2) is 7.62. The van der Waals surface area contributed by atoms with Crippen LogP contribution in [0, 0.1) is 11.3 Å². The van der Waals surface area contributed by atoms with E-state index in [-0.39, 0.29) is 5.65 Å². The first-order valence-electron chi connectivity index (χ1n) is 7.99. The van der Waals surface area contributed by atoms with E-state index in [1.165, 1.54) is 0 Å². The zero-order valence-corrected chi connectivity index (χ0v) is 14.5. The Morgan fingerprint density at radius 1 is 1.08 bits per heavy atom. The molecule has 0 spiro atoms. The van der Waals surface area contributed by atoms with Gasteiger partial charge in [0.2, 0.25) is 0 Å². The van der Waals surface area contributed by atoms with Gasteiger partial charge in [0.1, 0.15) is 0 Å². The van der Waals surface area contributed by atoms with E-state index in [1.54, 1.807) is 30.5 Å². The molecule has 0 N–H and O–H groups in total. The van der Waals surface area contributed by atoms with Crippen molar-refractivity contribution < 1.29 is 4.74 Å². The van der Waals surface area contributed by atoms with E-state index in [1.807, 2.05) is 49.3 Å². The van der Waals surface area contributed by atoms with Gasteiger partial charge in [-0.3, -0.25) is 0 Å². The zero-order valence-electron chi connectivity index (χ0n) is 14.5. The molecule has 2 aromatic carbocycles. The molecule has 0 saturated carbocycles. The molecule has 1 radical (unpaired) electrons. The van der Waals surface area contributed by atoms with Gasteiger partial charge in [-0.05, 0) is 0 Å². The van der Waals surface area contributed by atoms with Crippen LogP contribution in [0.15, 0.2) is 60.8 Å². The van der Waals surface area contributed by atoms with Gasteiger partial charge in [-0.15, -0.1) is 0 Å². The number of anilines is 1. The monoisotopic (exact) mass is 339 g/mol. The fraction of sp³-hybridized carbons (Fsp3) is 0.100. The summed E-state index contributed by atoms with van der Waals surface area (Å²) in [6.45, 7) is 0. The van der Waals surface area contributed by atoms with Crippen LogP contribution in [-0.2, 0) is 0 Å². The Labute approximate surface area is 153 Å². The van der Waals surface area contributed by atoms with Crippen molar-refractivity contribution in [2.24, 2.45) is 0 Å². The molecule has 0 saturated heterocycles. The summed E-state index contributed by atoms with van der Waals surface area (Å²) in [6, 6.07) is 18.5. The molecule has 0 bridgehead atoms. The maximum atomic E-state index is 8.86. The van der Waals surface area contributed by atoms with Gasteiger partial charge in [0, 0.05) is 0 Å². The molecule has 125 valence electrons. The van der Waals surface area contributed by atoms with E-state index in [4.69, 9.17) is 17.5 Å². The van der Waals surface area contributed by atoms with E-state index < -0.39 is 0 Å². The van der Waals surface area contributed by atoms with Gasteiger partial charge in [0.05, 0.1) is 0 Å². The van der Waals surface area contributed by atoms with Crippen LogP contribution in [0.4, 0.5) is 5.82 Å². The number of rotatable bonds is 5. The van der Waals surface area contributed by atoms with Crippen LogP contribution in [0.3, 0.4) is 0 Å². The molecule has 5 nitrogen and oxygen atoms in total. The Bertz CT molecular complexity index is 963. The summed E-state index contributed by atoms with van der Waals surface area (Å²) in [6.07, 6.45) is 1.66. The molecule has 0 aliphatic rings. The molecule has 3 rings (SSSR count). The molecule has 6 heteroatoms. The number of ether oxygens (including phenoxy) is 1. The summed E-state index contributed by atoms with van der Waals surface area (Å²) in [5.41, 5.74) is 2.27. The van der Waals surface area contributed by atoms with Crippen LogP contribution in [0.2, 0.25) is 0 Å². The second-order valence-electron chi connectivity index (χ2n) is 5.79. The average molecular weight is 339 g/mol.